The molecule has 2 aromatic rings. The van der Waals surface area contributed by atoms with E-state index in [1.165, 1.54) is 0 Å². The number of carbonyl (C=O) groups is 2. The number of Topliss-reactive ketones (excluding diaryl/α,β-unsaturated/α-hetero) is 1. The minimum atomic E-state index is -0.597. The van der Waals surface area contributed by atoms with Crippen LogP contribution in [0, 0.1) is 6.92 Å². The number of ketones is 1. The van der Waals surface area contributed by atoms with Crippen LogP contribution in [0.25, 0.3) is 10.9 Å². The lowest BCUT2D eigenvalue weighted by Gasteiger charge is -2.20. The highest BCUT2D eigenvalue weighted by atomic mass is 16.6. The molecule has 0 bridgehead atoms. The van der Waals surface area contributed by atoms with Crippen LogP contribution in [0.2, 0.25) is 0 Å². The van der Waals surface area contributed by atoms with Crippen molar-refractivity contribution >= 4 is 28.8 Å². The number of nitrogens with one attached hydrogen (secondary N) is 2. The highest BCUT2D eigenvalue weighted by Crippen LogP contribution is 2.19. The first-order valence-electron chi connectivity index (χ1n) is 10.8. The van der Waals surface area contributed by atoms with E-state index in [2.05, 4.69) is 15.6 Å². The molecule has 10 heteroatoms. The second kappa shape index (κ2) is 11.2. The third-order valence-corrected chi connectivity index (χ3v) is 4.80. The highest BCUT2D eigenvalue weighted by Gasteiger charge is 2.17. The van der Waals surface area contributed by atoms with E-state index in [9.17, 15) is 14.4 Å². The number of rotatable bonds is 10. The number of amides is 1. The number of likely N-dealkylation sites (N-methyl/N-ethyl adjacent to an activating group) is 2. The molecule has 0 saturated heterocycles. The van der Waals surface area contributed by atoms with E-state index in [1.54, 1.807) is 39.8 Å². The second-order valence-corrected chi connectivity index (χ2v) is 9.34. The van der Waals surface area contributed by atoms with Gasteiger partial charge in [-0.15, -0.1) is 0 Å². The Morgan fingerprint density at radius 2 is 1.85 bits per heavy atom. The van der Waals surface area contributed by atoms with E-state index in [-0.39, 0.29) is 31.4 Å². The summed E-state index contributed by atoms with van der Waals surface area (Å²) in [7, 11) is 5.84. The Morgan fingerprint density at radius 3 is 2.48 bits per heavy atom. The number of ether oxygens (including phenoxy) is 1. The molecule has 0 fully saturated rings. The van der Waals surface area contributed by atoms with Crippen LogP contribution in [0.3, 0.4) is 0 Å². The van der Waals surface area contributed by atoms with E-state index in [0.29, 0.717) is 16.5 Å². The van der Waals surface area contributed by atoms with Crippen molar-refractivity contribution < 1.29 is 18.7 Å². The Kier molecular flexibility index (Phi) is 8.95. The molecule has 2 N–H and O–H groups in total. The fourth-order valence-corrected chi connectivity index (χ4v) is 3.09. The summed E-state index contributed by atoms with van der Waals surface area (Å²) in [6, 6.07) is 3.47. The van der Waals surface area contributed by atoms with Gasteiger partial charge >= 0.3 is 11.7 Å². The van der Waals surface area contributed by atoms with Crippen molar-refractivity contribution in [3.63, 3.8) is 0 Å². The third-order valence-electron chi connectivity index (χ3n) is 4.80. The fourth-order valence-electron chi connectivity index (χ4n) is 3.09. The Labute approximate surface area is 194 Å². The van der Waals surface area contributed by atoms with E-state index < -0.39 is 17.3 Å². The van der Waals surface area contributed by atoms with Gasteiger partial charge in [0.1, 0.15) is 5.60 Å². The summed E-state index contributed by atoms with van der Waals surface area (Å²) >= 11 is 0. The monoisotopic (exact) mass is 461 g/mol. The van der Waals surface area contributed by atoms with Crippen LogP contribution in [0.15, 0.2) is 21.3 Å². The smallest absolute Gasteiger partial charge is 0.407 e. The molecule has 1 aromatic carbocycles. The van der Waals surface area contributed by atoms with Crippen molar-refractivity contribution in [1.29, 1.82) is 0 Å². The van der Waals surface area contributed by atoms with Gasteiger partial charge in [0, 0.05) is 19.6 Å². The molecule has 1 heterocycles. The van der Waals surface area contributed by atoms with Crippen LogP contribution in [0.5, 0.6) is 0 Å². The lowest BCUT2D eigenvalue weighted by molar-refractivity contribution is -0.118. The van der Waals surface area contributed by atoms with Gasteiger partial charge in [-0.2, -0.15) is 4.98 Å². The quantitative estimate of drug-likeness (QED) is 0.548. The van der Waals surface area contributed by atoms with Crippen LogP contribution in [0.4, 0.5) is 10.8 Å². The van der Waals surface area contributed by atoms with Gasteiger partial charge in [-0.25, -0.2) is 9.59 Å². The standard InChI is InChI=1S/C23H35N5O5/c1-15-16(12-25-22(31)33-23(2,3)4)8-9-18-19(15)20(30)32-21(26-18)24-13-17(29)14-28(7)11-10-27(5)6/h8-9H,10-14H2,1-7H3,(H,24,26)(H,25,31). The normalized spacial score (nSPS) is 11.8. The predicted octanol–water partition coefficient (Wildman–Crippen LogP) is 2.00. The number of hydrogen-bond acceptors (Lipinski definition) is 9. The topological polar surface area (TPSA) is 117 Å². The number of hydrogen-bond donors (Lipinski definition) is 2. The number of carbonyl (C=O) groups excluding carboxylic acids is 2. The maximum atomic E-state index is 12.6. The zero-order valence-corrected chi connectivity index (χ0v) is 20.6. The lowest BCUT2D eigenvalue weighted by Crippen LogP contribution is -2.34. The summed E-state index contributed by atoms with van der Waals surface area (Å²) in [5, 5.41) is 5.82. The SMILES string of the molecule is Cc1c(CNC(=O)OC(C)(C)C)ccc2nc(NCC(=O)CN(C)CCN(C)C)oc(=O)c12. The van der Waals surface area contributed by atoms with Crippen molar-refractivity contribution in [3.8, 4) is 0 Å². The minimum Gasteiger partial charge on any atom is -0.444 e. The molecular weight excluding hydrogens is 426 g/mol. The van der Waals surface area contributed by atoms with Gasteiger partial charge in [0.15, 0.2) is 5.78 Å². The molecule has 0 atom stereocenters. The molecule has 0 aliphatic carbocycles. The number of benzene rings is 1. The number of aryl methyl sites for hydroxylation is 1. The summed E-state index contributed by atoms with van der Waals surface area (Å²) in [5.74, 6) is -0.0412. The number of nitrogens with zero attached hydrogens (tertiary/aromatic N) is 3. The van der Waals surface area contributed by atoms with Crippen molar-refractivity contribution in [2.75, 3.05) is 52.6 Å². The summed E-state index contributed by atoms with van der Waals surface area (Å²) in [6.45, 7) is 9.24. The van der Waals surface area contributed by atoms with Crippen molar-refractivity contribution in [2.24, 2.45) is 0 Å². The largest absolute Gasteiger partial charge is 0.444 e. The Hall–Kier alpha value is -2.98. The van der Waals surface area contributed by atoms with Crippen molar-refractivity contribution in [2.45, 2.75) is 39.8 Å². The Balaban J connectivity index is 2.04. The van der Waals surface area contributed by atoms with Crippen LogP contribution in [-0.2, 0) is 16.1 Å². The number of fused-ring (bicyclic) bond motifs is 1. The van der Waals surface area contributed by atoms with Crippen molar-refractivity contribution in [1.82, 2.24) is 20.1 Å². The molecule has 0 unspecified atom stereocenters. The van der Waals surface area contributed by atoms with Crippen molar-refractivity contribution in [3.05, 3.63) is 33.7 Å². The van der Waals surface area contributed by atoms with Crippen LogP contribution in [0.1, 0.15) is 31.9 Å². The van der Waals surface area contributed by atoms with E-state index in [4.69, 9.17) is 9.15 Å². The number of aromatic nitrogens is 1. The molecule has 1 aromatic heterocycles. The average molecular weight is 462 g/mol. The van der Waals surface area contributed by atoms with Gasteiger partial charge < -0.3 is 24.7 Å². The molecule has 2 rings (SSSR count). The van der Waals surface area contributed by atoms with E-state index >= 15 is 0 Å². The molecule has 0 aliphatic heterocycles. The molecule has 1 amide bonds. The Morgan fingerprint density at radius 1 is 1.15 bits per heavy atom. The summed E-state index contributed by atoms with van der Waals surface area (Å²) in [6.07, 6.45) is -0.538. The van der Waals surface area contributed by atoms with Gasteiger partial charge in [0.05, 0.1) is 24.0 Å². The number of alkyl carbamates (subject to hydrolysis) is 1. The van der Waals surface area contributed by atoms with Gasteiger partial charge in [-0.05, 0) is 66.0 Å². The van der Waals surface area contributed by atoms with Crippen LogP contribution < -0.4 is 16.3 Å². The van der Waals surface area contributed by atoms with Gasteiger partial charge in [0.2, 0.25) is 0 Å². The van der Waals surface area contributed by atoms with Gasteiger partial charge in [-0.3, -0.25) is 9.69 Å². The van der Waals surface area contributed by atoms with Crippen LogP contribution >= 0.6 is 0 Å². The van der Waals surface area contributed by atoms with Gasteiger partial charge in [-0.1, -0.05) is 6.07 Å². The van der Waals surface area contributed by atoms with E-state index in [1.807, 2.05) is 30.9 Å². The molecule has 0 aliphatic rings. The lowest BCUT2D eigenvalue weighted by atomic mass is 10.0. The first kappa shape index (κ1) is 26.3. The average Bonchev–Trinajstić information content (AvgIpc) is 2.68. The maximum absolute atomic E-state index is 12.6. The fraction of sp³-hybridized carbons (Fsp3) is 0.565. The summed E-state index contributed by atoms with van der Waals surface area (Å²) < 4.78 is 10.5. The minimum absolute atomic E-state index is 0.00387. The van der Waals surface area contributed by atoms with Crippen LogP contribution in [-0.4, -0.2) is 79.6 Å². The van der Waals surface area contributed by atoms with Gasteiger partial charge in [0.25, 0.3) is 6.01 Å². The first-order chi connectivity index (χ1) is 15.4. The molecule has 182 valence electrons. The molecule has 0 saturated carbocycles. The zero-order chi connectivity index (χ0) is 24.8. The zero-order valence-electron chi connectivity index (χ0n) is 20.6. The summed E-state index contributed by atoms with van der Waals surface area (Å²) in [5.41, 5.74) is 0.700. The third kappa shape index (κ3) is 8.47. The second-order valence-electron chi connectivity index (χ2n) is 9.34. The molecule has 0 spiro atoms. The number of anilines is 1. The molecule has 0 radical (unpaired) electrons. The predicted molar refractivity (Wildman–Crippen MR) is 128 cm³/mol. The first-order valence-corrected chi connectivity index (χ1v) is 10.8. The molecular formula is C23H35N5O5. The molecule has 33 heavy (non-hydrogen) atoms. The summed E-state index contributed by atoms with van der Waals surface area (Å²) in [4.78, 5) is 45.1. The highest BCUT2D eigenvalue weighted by molar-refractivity contribution is 5.85. The Bertz CT molecular complexity index is 1040. The molecule has 10 nitrogen and oxygen atoms in total. The van der Waals surface area contributed by atoms with E-state index in [0.717, 1.165) is 18.7 Å². The maximum Gasteiger partial charge on any atom is 0.407 e.